The summed E-state index contributed by atoms with van der Waals surface area (Å²) in [6.45, 7) is 9.60. The predicted molar refractivity (Wildman–Crippen MR) is 111 cm³/mol. The second-order valence-corrected chi connectivity index (χ2v) is 9.76. The monoisotopic (exact) mass is 336 g/mol. The first-order valence-electron chi connectivity index (χ1n) is 11.5. The Morgan fingerprint density at radius 2 is 1.00 bits per heavy atom. The first kappa shape index (κ1) is 22.0. The third kappa shape index (κ3) is 10.8. The van der Waals surface area contributed by atoms with Gasteiger partial charge in [0, 0.05) is 0 Å². The SMILES string of the molecule is CCCCCCCCCCCCCCC1CCC(C(C)(C)C)CC1. The fourth-order valence-corrected chi connectivity index (χ4v) is 4.59. The lowest BCUT2D eigenvalue weighted by molar-refractivity contribution is 0.145. The Labute approximate surface area is 154 Å². The van der Waals surface area contributed by atoms with Crippen molar-refractivity contribution in [2.24, 2.45) is 17.3 Å². The molecule has 0 nitrogen and oxygen atoms in total. The first-order chi connectivity index (χ1) is 11.5. The zero-order valence-electron chi connectivity index (χ0n) is 17.7. The molecule has 0 bridgehead atoms. The largest absolute Gasteiger partial charge is 0.0654 e. The molecule has 24 heavy (non-hydrogen) atoms. The maximum Gasteiger partial charge on any atom is -0.0354 e. The van der Waals surface area contributed by atoms with Crippen molar-refractivity contribution in [3.63, 3.8) is 0 Å². The lowest BCUT2D eigenvalue weighted by Crippen LogP contribution is -2.25. The molecule has 0 unspecified atom stereocenters. The molecule has 1 fully saturated rings. The summed E-state index contributed by atoms with van der Waals surface area (Å²) < 4.78 is 0. The third-order valence-electron chi connectivity index (χ3n) is 6.54. The van der Waals surface area contributed by atoms with Gasteiger partial charge in [0.25, 0.3) is 0 Å². The lowest BCUT2D eigenvalue weighted by atomic mass is 9.69. The molecule has 1 saturated carbocycles. The summed E-state index contributed by atoms with van der Waals surface area (Å²) in [7, 11) is 0. The van der Waals surface area contributed by atoms with Crippen LogP contribution in [-0.4, -0.2) is 0 Å². The highest BCUT2D eigenvalue weighted by Crippen LogP contribution is 2.41. The van der Waals surface area contributed by atoms with Gasteiger partial charge in [-0.3, -0.25) is 0 Å². The Morgan fingerprint density at radius 1 is 0.583 bits per heavy atom. The van der Waals surface area contributed by atoms with Crippen molar-refractivity contribution >= 4 is 0 Å². The van der Waals surface area contributed by atoms with E-state index in [0.717, 1.165) is 11.8 Å². The van der Waals surface area contributed by atoms with Crippen molar-refractivity contribution < 1.29 is 0 Å². The summed E-state index contributed by atoms with van der Waals surface area (Å²) in [6.07, 6.45) is 25.2. The van der Waals surface area contributed by atoms with Gasteiger partial charge in [-0.1, -0.05) is 124 Å². The first-order valence-corrected chi connectivity index (χ1v) is 11.5. The van der Waals surface area contributed by atoms with Crippen LogP contribution in [0.15, 0.2) is 0 Å². The molecule has 144 valence electrons. The van der Waals surface area contributed by atoms with E-state index >= 15 is 0 Å². The number of hydrogen-bond donors (Lipinski definition) is 0. The Bertz CT molecular complexity index is 264. The summed E-state index contributed by atoms with van der Waals surface area (Å²) in [4.78, 5) is 0. The van der Waals surface area contributed by atoms with E-state index in [-0.39, 0.29) is 0 Å². The fourth-order valence-electron chi connectivity index (χ4n) is 4.59. The van der Waals surface area contributed by atoms with E-state index in [4.69, 9.17) is 0 Å². The zero-order chi connectivity index (χ0) is 17.7. The molecule has 1 aliphatic rings. The molecule has 0 aromatic heterocycles. The lowest BCUT2D eigenvalue weighted by Gasteiger charge is -2.37. The minimum Gasteiger partial charge on any atom is -0.0654 e. The second-order valence-electron chi connectivity index (χ2n) is 9.76. The van der Waals surface area contributed by atoms with Crippen LogP contribution in [0.3, 0.4) is 0 Å². The molecule has 0 spiro atoms. The predicted octanol–water partition coefficient (Wildman–Crippen LogP) is 8.93. The maximum absolute atomic E-state index is 2.43. The summed E-state index contributed by atoms with van der Waals surface area (Å²) >= 11 is 0. The molecule has 1 rings (SSSR count). The van der Waals surface area contributed by atoms with Gasteiger partial charge in [0.05, 0.1) is 0 Å². The maximum atomic E-state index is 2.43. The van der Waals surface area contributed by atoms with E-state index in [9.17, 15) is 0 Å². The molecular formula is C24H48. The fraction of sp³-hybridized carbons (Fsp3) is 1.00. The molecule has 0 atom stereocenters. The number of hydrogen-bond acceptors (Lipinski definition) is 0. The van der Waals surface area contributed by atoms with Crippen LogP contribution in [0.2, 0.25) is 0 Å². The van der Waals surface area contributed by atoms with Crippen molar-refractivity contribution in [1.82, 2.24) is 0 Å². The molecule has 0 amide bonds. The second kappa shape index (κ2) is 13.2. The number of rotatable bonds is 13. The van der Waals surface area contributed by atoms with Crippen LogP contribution < -0.4 is 0 Å². The normalized spacial score (nSPS) is 22.0. The van der Waals surface area contributed by atoms with E-state index < -0.39 is 0 Å². The van der Waals surface area contributed by atoms with Gasteiger partial charge in [0.1, 0.15) is 0 Å². The van der Waals surface area contributed by atoms with Gasteiger partial charge in [-0.25, -0.2) is 0 Å². The van der Waals surface area contributed by atoms with E-state index in [0.29, 0.717) is 5.41 Å². The van der Waals surface area contributed by atoms with Gasteiger partial charge < -0.3 is 0 Å². The molecule has 0 N–H and O–H groups in total. The van der Waals surface area contributed by atoms with Crippen LogP contribution in [-0.2, 0) is 0 Å². The Morgan fingerprint density at radius 3 is 1.42 bits per heavy atom. The molecule has 0 radical (unpaired) electrons. The van der Waals surface area contributed by atoms with E-state index in [1.807, 2.05) is 0 Å². The molecule has 0 heteroatoms. The third-order valence-corrected chi connectivity index (χ3v) is 6.54. The highest BCUT2D eigenvalue weighted by atomic mass is 14.3. The average Bonchev–Trinajstić information content (AvgIpc) is 2.55. The zero-order valence-corrected chi connectivity index (χ0v) is 17.7. The van der Waals surface area contributed by atoms with E-state index in [1.54, 1.807) is 0 Å². The van der Waals surface area contributed by atoms with Gasteiger partial charge in [0.15, 0.2) is 0 Å². The van der Waals surface area contributed by atoms with Crippen LogP contribution in [0, 0.1) is 17.3 Å². The molecule has 0 aliphatic heterocycles. The van der Waals surface area contributed by atoms with Crippen LogP contribution in [0.5, 0.6) is 0 Å². The van der Waals surface area contributed by atoms with Gasteiger partial charge >= 0.3 is 0 Å². The average molecular weight is 337 g/mol. The molecular weight excluding hydrogens is 288 g/mol. The minimum absolute atomic E-state index is 0.543. The molecule has 0 aromatic rings. The number of unbranched alkanes of at least 4 members (excludes halogenated alkanes) is 11. The summed E-state index contributed by atoms with van der Waals surface area (Å²) in [5.41, 5.74) is 0.543. The van der Waals surface area contributed by atoms with Crippen molar-refractivity contribution in [2.45, 2.75) is 137 Å². The summed E-state index contributed by atoms with van der Waals surface area (Å²) in [5, 5.41) is 0. The van der Waals surface area contributed by atoms with Crippen LogP contribution in [0.4, 0.5) is 0 Å². The quantitative estimate of drug-likeness (QED) is 0.294. The minimum atomic E-state index is 0.543. The van der Waals surface area contributed by atoms with Crippen molar-refractivity contribution in [3.05, 3.63) is 0 Å². The molecule has 0 saturated heterocycles. The van der Waals surface area contributed by atoms with Gasteiger partial charge in [-0.05, 0) is 30.1 Å². The van der Waals surface area contributed by atoms with E-state index in [2.05, 4.69) is 27.7 Å². The highest BCUT2D eigenvalue weighted by molar-refractivity contribution is 4.80. The molecule has 0 aromatic carbocycles. The highest BCUT2D eigenvalue weighted by Gasteiger charge is 2.29. The smallest absolute Gasteiger partial charge is 0.0354 e. The van der Waals surface area contributed by atoms with Crippen molar-refractivity contribution in [2.75, 3.05) is 0 Å². The molecule has 0 heterocycles. The van der Waals surface area contributed by atoms with Crippen LogP contribution >= 0.6 is 0 Å². The molecule has 1 aliphatic carbocycles. The van der Waals surface area contributed by atoms with Crippen molar-refractivity contribution in [1.29, 1.82) is 0 Å². The summed E-state index contributed by atoms with van der Waals surface area (Å²) in [5.74, 6) is 2.04. The van der Waals surface area contributed by atoms with Gasteiger partial charge in [-0.15, -0.1) is 0 Å². The Balaban J connectivity index is 1.83. The van der Waals surface area contributed by atoms with Crippen molar-refractivity contribution in [3.8, 4) is 0 Å². The summed E-state index contributed by atoms with van der Waals surface area (Å²) in [6, 6.07) is 0. The standard InChI is InChI=1S/C24H48/c1-5-6-7-8-9-10-11-12-13-14-15-16-17-22-18-20-23(21-19-22)24(2,3)4/h22-23H,5-21H2,1-4H3. The Kier molecular flexibility index (Phi) is 12.2. The van der Waals surface area contributed by atoms with Crippen LogP contribution in [0.25, 0.3) is 0 Å². The van der Waals surface area contributed by atoms with Gasteiger partial charge in [0.2, 0.25) is 0 Å². The van der Waals surface area contributed by atoms with Gasteiger partial charge in [-0.2, -0.15) is 0 Å². The topological polar surface area (TPSA) is 0 Å². The Hall–Kier alpha value is 0. The van der Waals surface area contributed by atoms with Crippen LogP contribution in [0.1, 0.15) is 137 Å². The van der Waals surface area contributed by atoms with E-state index in [1.165, 1.54) is 109 Å².